The first-order valence-electron chi connectivity index (χ1n) is 6.18. The van der Waals surface area contributed by atoms with Gasteiger partial charge in [0.05, 0.1) is 6.10 Å². The average Bonchev–Trinajstić information content (AvgIpc) is 2.19. The highest BCUT2D eigenvalue weighted by molar-refractivity contribution is 4.82. The van der Waals surface area contributed by atoms with E-state index in [1.807, 2.05) is 0 Å². The molecule has 0 radical (unpaired) electrons. The van der Waals surface area contributed by atoms with Crippen molar-refractivity contribution in [1.82, 2.24) is 5.32 Å². The van der Waals surface area contributed by atoms with E-state index in [9.17, 15) is 5.11 Å². The Kier molecular flexibility index (Phi) is 5.49. The van der Waals surface area contributed by atoms with Gasteiger partial charge in [-0.2, -0.15) is 0 Å². The van der Waals surface area contributed by atoms with Crippen LogP contribution in [0.3, 0.4) is 0 Å². The lowest BCUT2D eigenvalue weighted by molar-refractivity contribution is 0.0460. The van der Waals surface area contributed by atoms with E-state index in [2.05, 4.69) is 19.2 Å². The topological polar surface area (TPSA) is 32.3 Å². The molecule has 0 aromatic heterocycles. The molecule has 0 amide bonds. The lowest BCUT2D eigenvalue weighted by Gasteiger charge is -2.35. The van der Waals surface area contributed by atoms with Crippen molar-refractivity contribution in [3.05, 3.63) is 0 Å². The minimum atomic E-state index is -0.0793. The third kappa shape index (κ3) is 3.25. The summed E-state index contributed by atoms with van der Waals surface area (Å²) in [6.07, 6.45) is 5.76. The fourth-order valence-electron chi connectivity index (χ4n) is 2.63. The van der Waals surface area contributed by atoms with E-state index in [1.54, 1.807) is 0 Å². The van der Waals surface area contributed by atoms with Gasteiger partial charge in [0.1, 0.15) is 0 Å². The molecule has 0 aromatic rings. The highest BCUT2D eigenvalue weighted by Gasteiger charge is 2.29. The Morgan fingerprint density at radius 2 is 2.14 bits per heavy atom. The van der Waals surface area contributed by atoms with Gasteiger partial charge in [-0.15, -0.1) is 0 Å². The van der Waals surface area contributed by atoms with E-state index in [1.165, 1.54) is 19.3 Å². The zero-order valence-electron chi connectivity index (χ0n) is 9.63. The molecule has 0 bridgehead atoms. The molecule has 3 unspecified atom stereocenters. The second-order valence-corrected chi connectivity index (χ2v) is 4.56. The predicted molar refractivity (Wildman–Crippen MR) is 60.3 cm³/mol. The molecule has 14 heavy (non-hydrogen) atoms. The average molecular weight is 199 g/mol. The van der Waals surface area contributed by atoms with Crippen LogP contribution in [0.1, 0.15) is 46.0 Å². The molecule has 0 saturated carbocycles. The molecule has 1 fully saturated rings. The van der Waals surface area contributed by atoms with Crippen molar-refractivity contribution in [2.24, 2.45) is 11.8 Å². The number of aliphatic hydroxyl groups is 1. The molecule has 1 rings (SSSR count). The van der Waals surface area contributed by atoms with E-state index >= 15 is 0 Å². The quantitative estimate of drug-likeness (QED) is 0.711. The molecule has 84 valence electrons. The highest BCUT2D eigenvalue weighted by atomic mass is 16.3. The maximum atomic E-state index is 10.0. The smallest absolute Gasteiger partial charge is 0.0583 e. The Labute approximate surface area is 88.1 Å². The summed E-state index contributed by atoms with van der Waals surface area (Å²) in [5.74, 6) is 1.26. The summed E-state index contributed by atoms with van der Waals surface area (Å²) in [6.45, 7) is 6.55. The minimum absolute atomic E-state index is 0.0793. The van der Waals surface area contributed by atoms with Gasteiger partial charge in [0.15, 0.2) is 0 Å². The number of hydrogen-bond acceptors (Lipinski definition) is 2. The second kappa shape index (κ2) is 6.41. The van der Waals surface area contributed by atoms with Crippen LogP contribution in [0.5, 0.6) is 0 Å². The molecule has 0 spiro atoms. The van der Waals surface area contributed by atoms with Crippen LogP contribution in [0.15, 0.2) is 0 Å². The Bertz CT molecular complexity index is 147. The summed E-state index contributed by atoms with van der Waals surface area (Å²) in [6, 6.07) is 0. The van der Waals surface area contributed by atoms with Crippen molar-refractivity contribution in [2.75, 3.05) is 13.1 Å². The number of aliphatic hydroxyl groups excluding tert-OH is 1. The lowest BCUT2D eigenvalue weighted by atomic mass is 9.79. The molecule has 2 nitrogen and oxygen atoms in total. The van der Waals surface area contributed by atoms with E-state index in [4.69, 9.17) is 0 Å². The summed E-state index contributed by atoms with van der Waals surface area (Å²) in [7, 11) is 0. The van der Waals surface area contributed by atoms with E-state index in [0.29, 0.717) is 5.92 Å². The minimum Gasteiger partial charge on any atom is -0.393 e. The molecule has 0 aromatic carbocycles. The van der Waals surface area contributed by atoms with E-state index in [-0.39, 0.29) is 6.10 Å². The van der Waals surface area contributed by atoms with Gasteiger partial charge in [-0.05, 0) is 25.3 Å². The normalized spacial score (nSPS) is 30.2. The molecule has 1 saturated heterocycles. The van der Waals surface area contributed by atoms with Crippen molar-refractivity contribution < 1.29 is 5.11 Å². The maximum absolute atomic E-state index is 10.0. The molecule has 0 aliphatic carbocycles. The summed E-state index contributed by atoms with van der Waals surface area (Å²) in [5, 5.41) is 13.4. The van der Waals surface area contributed by atoms with E-state index < -0.39 is 0 Å². The molecule has 1 aliphatic heterocycles. The lowest BCUT2D eigenvalue weighted by Crippen LogP contribution is -2.42. The van der Waals surface area contributed by atoms with Crippen molar-refractivity contribution in [3.8, 4) is 0 Å². The third-order valence-corrected chi connectivity index (χ3v) is 3.42. The first kappa shape index (κ1) is 12.0. The third-order valence-electron chi connectivity index (χ3n) is 3.42. The number of hydrogen-bond donors (Lipinski definition) is 2. The summed E-state index contributed by atoms with van der Waals surface area (Å²) < 4.78 is 0. The molecule has 1 heterocycles. The van der Waals surface area contributed by atoms with Gasteiger partial charge in [-0.25, -0.2) is 0 Å². The van der Waals surface area contributed by atoms with Crippen molar-refractivity contribution in [3.63, 3.8) is 0 Å². The fourth-order valence-corrected chi connectivity index (χ4v) is 2.63. The molecular weight excluding hydrogens is 174 g/mol. The Morgan fingerprint density at radius 1 is 1.36 bits per heavy atom. The van der Waals surface area contributed by atoms with Crippen LogP contribution in [-0.4, -0.2) is 24.3 Å². The van der Waals surface area contributed by atoms with Crippen LogP contribution in [0.25, 0.3) is 0 Å². The van der Waals surface area contributed by atoms with Crippen LogP contribution in [0.4, 0.5) is 0 Å². The number of rotatable bonds is 5. The molecule has 3 atom stereocenters. The largest absolute Gasteiger partial charge is 0.393 e. The second-order valence-electron chi connectivity index (χ2n) is 4.56. The van der Waals surface area contributed by atoms with Crippen LogP contribution < -0.4 is 5.32 Å². The van der Waals surface area contributed by atoms with Crippen LogP contribution in [0.2, 0.25) is 0 Å². The van der Waals surface area contributed by atoms with Crippen molar-refractivity contribution in [1.29, 1.82) is 0 Å². The van der Waals surface area contributed by atoms with Crippen molar-refractivity contribution in [2.45, 2.75) is 52.1 Å². The first-order valence-corrected chi connectivity index (χ1v) is 6.18. The fraction of sp³-hybridized carbons (Fsp3) is 1.00. The van der Waals surface area contributed by atoms with Gasteiger partial charge in [0.2, 0.25) is 0 Å². The van der Waals surface area contributed by atoms with Gasteiger partial charge in [0, 0.05) is 12.5 Å². The van der Waals surface area contributed by atoms with Crippen LogP contribution >= 0.6 is 0 Å². The standard InChI is InChI=1S/C12H25NO/c1-3-5-10-7-8-13-9-11(10)12(14)6-4-2/h10-14H,3-9H2,1-2H3. The van der Waals surface area contributed by atoms with Crippen LogP contribution in [0, 0.1) is 11.8 Å². The monoisotopic (exact) mass is 199 g/mol. The van der Waals surface area contributed by atoms with Crippen molar-refractivity contribution >= 4 is 0 Å². The maximum Gasteiger partial charge on any atom is 0.0583 e. The SMILES string of the molecule is CCCC(O)C1CNCCC1CCC. The Morgan fingerprint density at radius 3 is 2.79 bits per heavy atom. The number of piperidine rings is 1. The number of nitrogens with one attached hydrogen (secondary N) is 1. The molecule has 1 aliphatic rings. The Balaban J connectivity index is 2.44. The van der Waals surface area contributed by atoms with Gasteiger partial charge in [0.25, 0.3) is 0 Å². The summed E-state index contributed by atoms with van der Waals surface area (Å²) in [4.78, 5) is 0. The predicted octanol–water partition coefficient (Wildman–Crippen LogP) is 2.17. The summed E-state index contributed by atoms with van der Waals surface area (Å²) in [5.41, 5.74) is 0. The zero-order chi connectivity index (χ0) is 10.4. The van der Waals surface area contributed by atoms with Gasteiger partial charge in [-0.3, -0.25) is 0 Å². The van der Waals surface area contributed by atoms with Gasteiger partial charge in [-0.1, -0.05) is 33.1 Å². The summed E-state index contributed by atoms with van der Waals surface area (Å²) >= 11 is 0. The first-order chi connectivity index (χ1) is 6.79. The van der Waals surface area contributed by atoms with Gasteiger partial charge < -0.3 is 10.4 Å². The molecule has 2 N–H and O–H groups in total. The van der Waals surface area contributed by atoms with E-state index in [0.717, 1.165) is 31.8 Å². The molecule has 2 heteroatoms. The zero-order valence-corrected chi connectivity index (χ0v) is 9.63. The molecular formula is C12H25NO. The Hall–Kier alpha value is -0.0800. The highest BCUT2D eigenvalue weighted by Crippen LogP contribution is 2.28. The van der Waals surface area contributed by atoms with Gasteiger partial charge >= 0.3 is 0 Å². The van der Waals surface area contributed by atoms with Crippen LogP contribution in [-0.2, 0) is 0 Å².